The van der Waals surface area contributed by atoms with Crippen LogP contribution in [0.3, 0.4) is 0 Å². The van der Waals surface area contributed by atoms with Crippen LogP contribution in [-0.4, -0.2) is 60.8 Å². The smallest absolute Gasteiger partial charge is 0.408 e. The maximum atomic E-state index is 11.4. The number of likely N-dealkylation sites (tertiary alicyclic amines) is 1. The summed E-state index contributed by atoms with van der Waals surface area (Å²) in [6, 6.07) is -0.847. The molecule has 2 aliphatic rings. The summed E-state index contributed by atoms with van der Waals surface area (Å²) in [6.45, 7) is 0.880. The van der Waals surface area contributed by atoms with Crippen LogP contribution in [-0.2, 0) is 19.0 Å². The fourth-order valence-electron chi connectivity index (χ4n) is 2.09. The van der Waals surface area contributed by atoms with Gasteiger partial charge in [0.05, 0.1) is 26.9 Å². The Morgan fingerprint density at radius 3 is 2.56 bits per heavy atom. The second-order valence-electron chi connectivity index (χ2n) is 3.76. The molecule has 7 nitrogen and oxygen atoms in total. The molecule has 2 saturated heterocycles. The summed E-state index contributed by atoms with van der Waals surface area (Å²) in [5.74, 6) is -1.55. The highest BCUT2D eigenvalue weighted by Gasteiger charge is 2.53. The zero-order chi connectivity index (χ0) is 11.8. The van der Waals surface area contributed by atoms with Gasteiger partial charge in [-0.15, -0.1) is 0 Å². The molecule has 2 rings (SSSR count). The molecule has 0 bridgehead atoms. The molecule has 7 heteroatoms. The largest absolute Gasteiger partial charge is 0.467 e. The third-order valence-electron chi connectivity index (χ3n) is 2.82. The summed E-state index contributed by atoms with van der Waals surface area (Å²) in [7, 11) is 1.23. The lowest BCUT2D eigenvalue weighted by molar-refractivity contribution is -0.152. The molecule has 90 valence electrons. The average molecular weight is 231 g/mol. The van der Waals surface area contributed by atoms with Crippen LogP contribution in [0.15, 0.2) is 0 Å². The molecule has 1 atom stereocenters. The minimum Gasteiger partial charge on any atom is -0.467 e. The second kappa shape index (κ2) is 3.91. The molecule has 16 heavy (non-hydrogen) atoms. The van der Waals surface area contributed by atoms with Crippen molar-refractivity contribution in [2.45, 2.75) is 18.2 Å². The first-order chi connectivity index (χ1) is 7.58. The summed E-state index contributed by atoms with van der Waals surface area (Å²) in [5, 5.41) is 8.98. The van der Waals surface area contributed by atoms with E-state index in [1.807, 2.05) is 0 Å². The van der Waals surface area contributed by atoms with E-state index in [0.29, 0.717) is 13.2 Å². The summed E-state index contributed by atoms with van der Waals surface area (Å²) in [6.07, 6.45) is -0.988. The first-order valence-corrected chi connectivity index (χ1v) is 4.93. The van der Waals surface area contributed by atoms with Crippen LogP contribution in [0.25, 0.3) is 0 Å². The standard InChI is InChI=1S/C9H13NO6/c1-14-7(11)6-4-9(15-2-3-16-9)5-10(6)8(12)13/h6H,2-5H2,1H3,(H,12,13). The zero-order valence-electron chi connectivity index (χ0n) is 8.84. The van der Waals surface area contributed by atoms with Crippen molar-refractivity contribution in [1.82, 2.24) is 4.90 Å². The molecular weight excluding hydrogens is 218 g/mol. The van der Waals surface area contributed by atoms with Gasteiger partial charge in [0.15, 0.2) is 5.79 Å². The highest BCUT2D eigenvalue weighted by atomic mass is 16.7. The minimum atomic E-state index is -1.17. The molecule has 2 heterocycles. The van der Waals surface area contributed by atoms with Crippen LogP contribution in [0.5, 0.6) is 0 Å². The van der Waals surface area contributed by atoms with Gasteiger partial charge >= 0.3 is 12.1 Å². The number of methoxy groups -OCH3 is 1. The molecule has 2 aliphatic heterocycles. The predicted molar refractivity (Wildman–Crippen MR) is 49.8 cm³/mol. The fraction of sp³-hybridized carbons (Fsp3) is 0.778. The van der Waals surface area contributed by atoms with E-state index in [4.69, 9.17) is 14.6 Å². The lowest BCUT2D eigenvalue weighted by Crippen LogP contribution is -2.41. The summed E-state index contributed by atoms with van der Waals surface area (Å²) < 4.78 is 15.3. The molecule has 0 saturated carbocycles. The molecule has 1 N–H and O–H groups in total. The molecule has 0 radical (unpaired) electrons. The molecule has 0 aromatic heterocycles. The van der Waals surface area contributed by atoms with Crippen LogP contribution >= 0.6 is 0 Å². The lowest BCUT2D eigenvalue weighted by atomic mass is 10.1. The number of esters is 1. The van der Waals surface area contributed by atoms with Gasteiger partial charge in [-0.05, 0) is 0 Å². The fourth-order valence-corrected chi connectivity index (χ4v) is 2.09. The number of carboxylic acid groups (broad SMARTS) is 1. The van der Waals surface area contributed by atoms with Crippen molar-refractivity contribution in [3.05, 3.63) is 0 Å². The van der Waals surface area contributed by atoms with Crippen molar-refractivity contribution >= 4 is 12.1 Å². The predicted octanol–water partition coefficient (Wildman–Crippen LogP) is -0.345. The van der Waals surface area contributed by atoms with Crippen molar-refractivity contribution in [3.8, 4) is 0 Å². The Hall–Kier alpha value is -1.34. The molecule has 1 spiro atoms. The third-order valence-corrected chi connectivity index (χ3v) is 2.82. The van der Waals surface area contributed by atoms with E-state index in [1.165, 1.54) is 7.11 Å². The van der Waals surface area contributed by atoms with Crippen molar-refractivity contribution < 1.29 is 28.9 Å². The van der Waals surface area contributed by atoms with Crippen LogP contribution in [0.4, 0.5) is 4.79 Å². The van der Waals surface area contributed by atoms with Crippen LogP contribution in [0.1, 0.15) is 6.42 Å². The SMILES string of the molecule is COC(=O)C1CC2(CN1C(=O)O)OCCO2. The molecule has 1 amide bonds. The number of hydrogen-bond acceptors (Lipinski definition) is 5. The van der Waals surface area contributed by atoms with E-state index in [0.717, 1.165) is 4.90 Å². The van der Waals surface area contributed by atoms with Gasteiger partial charge in [-0.2, -0.15) is 0 Å². The summed E-state index contributed by atoms with van der Waals surface area (Å²) >= 11 is 0. The van der Waals surface area contributed by atoms with Gasteiger partial charge in [0.25, 0.3) is 0 Å². The van der Waals surface area contributed by atoms with Gasteiger partial charge < -0.3 is 19.3 Å². The van der Waals surface area contributed by atoms with Crippen LogP contribution < -0.4 is 0 Å². The number of ether oxygens (including phenoxy) is 3. The Balaban J connectivity index is 2.17. The minimum absolute atomic E-state index is 0.0437. The Morgan fingerprint density at radius 1 is 1.44 bits per heavy atom. The molecule has 0 aromatic carbocycles. The average Bonchev–Trinajstić information content (AvgIpc) is 2.86. The highest BCUT2D eigenvalue weighted by Crippen LogP contribution is 2.35. The van der Waals surface area contributed by atoms with Gasteiger partial charge in [0, 0.05) is 6.42 Å². The van der Waals surface area contributed by atoms with Gasteiger partial charge in [-0.1, -0.05) is 0 Å². The first kappa shape index (κ1) is 11.2. The van der Waals surface area contributed by atoms with Crippen molar-refractivity contribution in [2.75, 3.05) is 26.9 Å². The van der Waals surface area contributed by atoms with Crippen LogP contribution in [0, 0.1) is 0 Å². The Bertz CT molecular complexity index is 311. The molecule has 0 aliphatic carbocycles. The van der Waals surface area contributed by atoms with E-state index >= 15 is 0 Å². The van der Waals surface area contributed by atoms with E-state index in [1.54, 1.807) is 0 Å². The number of rotatable bonds is 1. The molecule has 0 aromatic rings. The summed E-state index contributed by atoms with van der Waals surface area (Å²) in [5.41, 5.74) is 0. The quantitative estimate of drug-likeness (QED) is 0.621. The third kappa shape index (κ3) is 1.72. The number of nitrogens with zero attached hydrogens (tertiary/aromatic N) is 1. The normalized spacial score (nSPS) is 27.3. The number of amides is 1. The molecule has 2 fully saturated rings. The maximum absolute atomic E-state index is 11.4. The van der Waals surface area contributed by atoms with E-state index in [2.05, 4.69) is 4.74 Å². The zero-order valence-corrected chi connectivity index (χ0v) is 8.84. The van der Waals surface area contributed by atoms with Crippen molar-refractivity contribution in [3.63, 3.8) is 0 Å². The number of carbonyl (C=O) groups excluding carboxylic acids is 1. The Morgan fingerprint density at radius 2 is 2.06 bits per heavy atom. The van der Waals surface area contributed by atoms with Gasteiger partial charge in [0.2, 0.25) is 0 Å². The van der Waals surface area contributed by atoms with Crippen LogP contribution in [0.2, 0.25) is 0 Å². The van der Waals surface area contributed by atoms with E-state index < -0.39 is 23.9 Å². The summed E-state index contributed by atoms with van der Waals surface area (Å²) in [4.78, 5) is 23.4. The highest BCUT2D eigenvalue weighted by molar-refractivity contribution is 5.81. The lowest BCUT2D eigenvalue weighted by Gasteiger charge is -2.20. The second-order valence-corrected chi connectivity index (χ2v) is 3.76. The Labute approximate surface area is 91.9 Å². The van der Waals surface area contributed by atoms with Crippen molar-refractivity contribution in [1.29, 1.82) is 0 Å². The first-order valence-electron chi connectivity index (χ1n) is 4.93. The molecule has 1 unspecified atom stereocenters. The topological polar surface area (TPSA) is 85.3 Å². The van der Waals surface area contributed by atoms with Gasteiger partial charge in [-0.25, -0.2) is 9.59 Å². The monoisotopic (exact) mass is 231 g/mol. The van der Waals surface area contributed by atoms with Gasteiger partial charge in [-0.3, -0.25) is 4.90 Å². The number of hydrogen-bond donors (Lipinski definition) is 1. The van der Waals surface area contributed by atoms with E-state index in [9.17, 15) is 9.59 Å². The maximum Gasteiger partial charge on any atom is 0.408 e. The number of carbonyl (C=O) groups is 2. The van der Waals surface area contributed by atoms with Crippen molar-refractivity contribution in [2.24, 2.45) is 0 Å². The molecular formula is C9H13NO6. The van der Waals surface area contributed by atoms with E-state index in [-0.39, 0.29) is 13.0 Å². The van der Waals surface area contributed by atoms with Gasteiger partial charge in [0.1, 0.15) is 6.04 Å². The Kier molecular flexibility index (Phi) is 2.73.